The van der Waals surface area contributed by atoms with E-state index in [9.17, 15) is 12.8 Å². The van der Waals surface area contributed by atoms with Crippen LogP contribution in [0.2, 0.25) is 0 Å². The van der Waals surface area contributed by atoms with Crippen LogP contribution in [-0.4, -0.2) is 37.0 Å². The lowest BCUT2D eigenvalue weighted by Gasteiger charge is -2.33. The van der Waals surface area contributed by atoms with Crippen LogP contribution in [0.5, 0.6) is 0 Å². The Morgan fingerprint density at radius 1 is 0.882 bits per heavy atom. The number of benzene rings is 3. The molecule has 0 aliphatic carbocycles. The lowest BCUT2D eigenvalue weighted by Crippen LogP contribution is -2.33. The highest BCUT2D eigenvalue weighted by Crippen LogP contribution is 2.32. The first kappa shape index (κ1) is 24.6. The summed E-state index contributed by atoms with van der Waals surface area (Å²) in [6.45, 7) is 5.53. The molecule has 1 aliphatic heterocycles. The molecule has 0 N–H and O–H groups in total. The molecule has 0 aromatic heterocycles. The number of sulfonamides is 1. The van der Waals surface area contributed by atoms with E-state index in [0.717, 1.165) is 54.7 Å². The van der Waals surface area contributed by atoms with E-state index < -0.39 is 10.0 Å². The molecular formula is C28H33FN2O2S. The molecule has 1 saturated heterocycles. The van der Waals surface area contributed by atoms with Crippen LogP contribution in [-0.2, 0) is 29.7 Å². The predicted molar refractivity (Wildman–Crippen MR) is 135 cm³/mol. The Bertz CT molecular complexity index is 1190. The standard InChI is InChI=1S/C28H33FN2O2S/c1-22-7-9-24(10-8-22)20-31(34(2,32)33)21-26-5-3-4-6-28(26)25-15-17-30(18-16-25)19-23-11-13-27(29)14-12-23/h3-14,25H,15-21H2,1-2H3. The van der Waals surface area contributed by atoms with Crippen molar-refractivity contribution in [3.05, 3.63) is 106 Å². The van der Waals surface area contributed by atoms with Crippen LogP contribution in [0.1, 0.15) is 46.6 Å². The number of nitrogens with zero attached hydrogens (tertiary/aromatic N) is 2. The molecule has 1 fully saturated rings. The summed E-state index contributed by atoms with van der Waals surface area (Å²) in [4.78, 5) is 2.41. The number of hydrogen-bond donors (Lipinski definition) is 0. The first-order valence-corrected chi connectivity index (χ1v) is 13.7. The average molecular weight is 481 g/mol. The Morgan fingerprint density at radius 2 is 1.50 bits per heavy atom. The third-order valence-electron chi connectivity index (χ3n) is 6.70. The molecular weight excluding hydrogens is 447 g/mol. The maximum absolute atomic E-state index is 13.2. The second kappa shape index (κ2) is 10.8. The van der Waals surface area contributed by atoms with Crippen molar-refractivity contribution in [2.45, 2.75) is 45.3 Å². The Morgan fingerprint density at radius 3 is 2.15 bits per heavy atom. The molecule has 0 amide bonds. The van der Waals surface area contributed by atoms with Gasteiger partial charge >= 0.3 is 0 Å². The number of aryl methyl sites for hydroxylation is 1. The topological polar surface area (TPSA) is 40.6 Å². The van der Waals surface area contributed by atoms with Crippen molar-refractivity contribution in [1.82, 2.24) is 9.21 Å². The molecule has 6 heteroatoms. The highest BCUT2D eigenvalue weighted by Gasteiger charge is 2.25. The maximum atomic E-state index is 13.2. The molecule has 3 aromatic rings. The number of piperidine rings is 1. The molecule has 1 aliphatic rings. The maximum Gasteiger partial charge on any atom is 0.211 e. The number of likely N-dealkylation sites (tertiary alicyclic amines) is 1. The lowest BCUT2D eigenvalue weighted by molar-refractivity contribution is 0.204. The number of halogens is 1. The van der Waals surface area contributed by atoms with E-state index in [1.807, 2.05) is 49.4 Å². The predicted octanol–water partition coefficient (Wildman–Crippen LogP) is 5.48. The molecule has 3 aromatic carbocycles. The number of rotatable bonds is 8. The summed E-state index contributed by atoms with van der Waals surface area (Å²) in [6.07, 6.45) is 3.34. The van der Waals surface area contributed by atoms with Crippen molar-refractivity contribution >= 4 is 10.0 Å². The highest BCUT2D eigenvalue weighted by atomic mass is 32.2. The SMILES string of the molecule is Cc1ccc(CN(Cc2ccccc2C2CCN(Cc3ccc(F)cc3)CC2)S(C)(=O)=O)cc1. The molecule has 34 heavy (non-hydrogen) atoms. The second-order valence-electron chi connectivity index (χ2n) is 9.39. The Kier molecular flexibility index (Phi) is 7.81. The zero-order valence-electron chi connectivity index (χ0n) is 20.0. The largest absolute Gasteiger partial charge is 0.299 e. The molecule has 4 rings (SSSR count). The number of hydrogen-bond acceptors (Lipinski definition) is 3. The smallest absolute Gasteiger partial charge is 0.211 e. The van der Waals surface area contributed by atoms with Crippen LogP contribution < -0.4 is 0 Å². The van der Waals surface area contributed by atoms with E-state index in [2.05, 4.69) is 23.1 Å². The third kappa shape index (κ3) is 6.53. The fourth-order valence-corrected chi connectivity index (χ4v) is 5.46. The van der Waals surface area contributed by atoms with Crippen molar-refractivity contribution in [3.63, 3.8) is 0 Å². The van der Waals surface area contributed by atoms with E-state index in [4.69, 9.17) is 0 Å². The third-order valence-corrected chi connectivity index (χ3v) is 7.89. The minimum absolute atomic E-state index is 0.204. The normalized spacial score (nSPS) is 15.6. The molecule has 0 radical (unpaired) electrons. The van der Waals surface area contributed by atoms with Crippen LogP contribution in [0.25, 0.3) is 0 Å². The van der Waals surface area contributed by atoms with Crippen molar-refractivity contribution in [2.24, 2.45) is 0 Å². The summed E-state index contributed by atoms with van der Waals surface area (Å²) < 4.78 is 40.0. The van der Waals surface area contributed by atoms with Crippen LogP contribution in [0.15, 0.2) is 72.8 Å². The zero-order valence-corrected chi connectivity index (χ0v) is 20.8. The molecule has 0 atom stereocenters. The first-order valence-electron chi connectivity index (χ1n) is 11.8. The van der Waals surface area contributed by atoms with E-state index in [1.54, 1.807) is 4.31 Å². The van der Waals surface area contributed by atoms with E-state index >= 15 is 0 Å². The fraction of sp³-hybridized carbons (Fsp3) is 0.357. The van der Waals surface area contributed by atoms with Gasteiger partial charge in [-0.2, -0.15) is 4.31 Å². The minimum atomic E-state index is -3.37. The summed E-state index contributed by atoms with van der Waals surface area (Å²) in [7, 11) is -3.37. The van der Waals surface area contributed by atoms with Crippen molar-refractivity contribution in [2.75, 3.05) is 19.3 Å². The van der Waals surface area contributed by atoms with Gasteiger partial charge in [-0.25, -0.2) is 12.8 Å². The molecule has 0 bridgehead atoms. The molecule has 4 nitrogen and oxygen atoms in total. The molecule has 180 valence electrons. The molecule has 0 unspecified atom stereocenters. The van der Waals surface area contributed by atoms with Gasteiger partial charge in [0.05, 0.1) is 6.26 Å². The van der Waals surface area contributed by atoms with Crippen LogP contribution in [0, 0.1) is 12.7 Å². The van der Waals surface area contributed by atoms with Crippen molar-refractivity contribution in [1.29, 1.82) is 0 Å². The molecule has 1 heterocycles. The van der Waals surface area contributed by atoms with E-state index in [0.29, 0.717) is 19.0 Å². The van der Waals surface area contributed by atoms with E-state index in [-0.39, 0.29) is 5.82 Å². The minimum Gasteiger partial charge on any atom is -0.299 e. The monoisotopic (exact) mass is 480 g/mol. The summed E-state index contributed by atoms with van der Waals surface area (Å²) in [5, 5.41) is 0. The van der Waals surface area contributed by atoms with Crippen LogP contribution >= 0.6 is 0 Å². The average Bonchev–Trinajstić information content (AvgIpc) is 2.82. The van der Waals surface area contributed by atoms with Gasteiger partial charge in [-0.05, 0) is 73.2 Å². The fourth-order valence-electron chi connectivity index (χ4n) is 4.70. The quantitative estimate of drug-likeness (QED) is 0.429. The van der Waals surface area contributed by atoms with Crippen molar-refractivity contribution < 1.29 is 12.8 Å². The highest BCUT2D eigenvalue weighted by molar-refractivity contribution is 7.88. The second-order valence-corrected chi connectivity index (χ2v) is 11.4. The van der Waals surface area contributed by atoms with Gasteiger partial charge in [0.2, 0.25) is 10.0 Å². The van der Waals surface area contributed by atoms with E-state index in [1.165, 1.54) is 24.0 Å². The van der Waals surface area contributed by atoms with Crippen molar-refractivity contribution in [3.8, 4) is 0 Å². The van der Waals surface area contributed by atoms with Gasteiger partial charge in [0.15, 0.2) is 0 Å². The van der Waals surface area contributed by atoms with Gasteiger partial charge in [-0.3, -0.25) is 4.90 Å². The Balaban J connectivity index is 1.44. The van der Waals surface area contributed by atoms with Gasteiger partial charge in [-0.1, -0.05) is 66.2 Å². The zero-order chi connectivity index (χ0) is 24.1. The Labute approximate surface area is 203 Å². The van der Waals surface area contributed by atoms with Gasteiger partial charge in [0, 0.05) is 19.6 Å². The lowest BCUT2D eigenvalue weighted by atomic mass is 9.86. The van der Waals surface area contributed by atoms with Gasteiger partial charge < -0.3 is 0 Å². The summed E-state index contributed by atoms with van der Waals surface area (Å²) >= 11 is 0. The van der Waals surface area contributed by atoms with Crippen LogP contribution in [0.4, 0.5) is 4.39 Å². The Hall–Kier alpha value is -2.54. The van der Waals surface area contributed by atoms with Crippen LogP contribution in [0.3, 0.4) is 0 Å². The van der Waals surface area contributed by atoms with Gasteiger partial charge in [0.1, 0.15) is 5.82 Å². The first-order chi connectivity index (χ1) is 16.3. The summed E-state index contributed by atoms with van der Waals surface area (Å²) in [6, 6.07) is 23.0. The summed E-state index contributed by atoms with van der Waals surface area (Å²) in [5.74, 6) is 0.200. The van der Waals surface area contributed by atoms with Gasteiger partial charge in [-0.15, -0.1) is 0 Å². The van der Waals surface area contributed by atoms with Gasteiger partial charge in [0.25, 0.3) is 0 Å². The molecule has 0 saturated carbocycles. The molecule has 0 spiro atoms. The summed E-state index contributed by atoms with van der Waals surface area (Å²) in [5.41, 5.74) is 5.60.